The lowest BCUT2D eigenvalue weighted by molar-refractivity contribution is -0.127. The van der Waals surface area contributed by atoms with E-state index in [0.29, 0.717) is 0 Å². The first-order chi connectivity index (χ1) is 9.70. The second kappa shape index (κ2) is 5.60. The van der Waals surface area contributed by atoms with Gasteiger partial charge in [0.2, 0.25) is 5.13 Å². The van der Waals surface area contributed by atoms with Crippen LogP contribution in [0.15, 0.2) is 34.7 Å². The molecule has 114 valence electrons. The van der Waals surface area contributed by atoms with Gasteiger partial charge in [-0.1, -0.05) is 23.5 Å². The van der Waals surface area contributed by atoms with Crippen molar-refractivity contribution in [1.82, 2.24) is 10.2 Å². The van der Waals surface area contributed by atoms with Crippen LogP contribution < -0.4 is 4.31 Å². The topological polar surface area (TPSA) is 63.2 Å². The fourth-order valence-electron chi connectivity index (χ4n) is 1.58. The molecule has 0 bridgehead atoms. The molecular formula is C11H10F3N3O2S2. The number of halogens is 3. The minimum atomic E-state index is -4.33. The van der Waals surface area contributed by atoms with Gasteiger partial charge in [-0.15, -0.1) is 10.2 Å². The van der Waals surface area contributed by atoms with Gasteiger partial charge < -0.3 is 0 Å². The van der Waals surface area contributed by atoms with Crippen molar-refractivity contribution in [3.05, 3.63) is 35.3 Å². The molecule has 1 heterocycles. The molecule has 0 fully saturated rings. The van der Waals surface area contributed by atoms with E-state index in [1.807, 2.05) is 0 Å². The van der Waals surface area contributed by atoms with Crippen LogP contribution in [0, 0.1) is 0 Å². The fraction of sp³-hybridized carbons (Fsp3) is 0.273. The molecular weight excluding hydrogens is 327 g/mol. The second-order valence-corrected chi connectivity index (χ2v) is 6.91. The number of anilines is 1. The average molecular weight is 337 g/mol. The zero-order valence-corrected chi connectivity index (χ0v) is 12.3. The van der Waals surface area contributed by atoms with Crippen molar-refractivity contribution in [1.29, 1.82) is 0 Å². The number of hydrogen-bond donors (Lipinski definition) is 0. The van der Waals surface area contributed by atoms with Crippen LogP contribution in [0.5, 0.6) is 0 Å². The maximum absolute atomic E-state index is 12.3. The van der Waals surface area contributed by atoms with Crippen LogP contribution in [0.25, 0.3) is 0 Å². The highest BCUT2D eigenvalue weighted by Crippen LogP contribution is 2.25. The number of aromatic nitrogens is 2. The number of rotatable bonds is 4. The quantitative estimate of drug-likeness (QED) is 0.860. The summed E-state index contributed by atoms with van der Waals surface area (Å²) in [5.41, 5.74) is 1.38. The van der Waals surface area contributed by atoms with E-state index in [1.54, 1.807) is 0 Å². The molecule has 0 saturated heterocycles. The molecule has 21 heavy (non-hydrogen) atoms. The van der Waals surface area contributed by atoms with Gasteiger partial charge in [0, 0.05) is 7.05 Å². The predicted molar refractivity (Wildman–Crippen MR) is 71.7 cm³/mol. The second-order valence-electron chi connectivity index (χ2n) is 4.13. The normalized spacial score (nSPS) is 12.4. The Morgan fingerprint density at radius 2 is 1.86 bits per heavy atom. The van der Waals surface area contributed by atoms with Crippen LogP contribution in [-0.2, 0) is 16.4 Å². The van der Waals surface area contributed by atoms with E-state index >= 15 is 0 Å². The Bertz CT molecular complexity index is 697. The van der Waals surface area contributed by atoms with Gasteiger partial charge in [-0.25, -0.2) is 12.7 Å². The standard InChI is InChI=1S/C11H10F3N3O2S2/c1-17(10-16-15-7-20-10)21(18,19)9-4-2-8(3-5-9)6-11(12,13)14/h2-5,7H,6H2,1H3. The Kier molecular flexibility index (Phi) is 4.19. The summed E-state index contributed by atoms with van der Waals surface area (Å²) >= 11 is 1.04. The summed E-state index contributed by atoms with van der Waals surface area (Å²) in [6, 6.07) is 4.59. The molecule has 2 aromatic rings. The molecule has 0 amide bonds. The molecule has 0 atom stereocenters. The van der Waals surface area contributed by atoms with Gasteiger partial charge in [0.05, 0.1) is 11.3 Å². The van der Waals surface area contributed by atoms with Crippen molar-refractivity contribution in [3.8, 4) is 0 Å². The third-order valence-corrected chi connectivity index (χ3v) is 5.25. The molecule has 1 aromatic heterocycles. The zero-order valence-electron chi connectivity index (χ0n) is 10.7. The van der Waals surface area contributed by atoms with E-state index in [2.05, 4.69) is 10.2 Å². The highest BCUT2D eigenvalue weighted by Gasteiger charge is 2.28. The number of alkyl halides is 3. The summed E-state index contributed by atoms with van der Waals surface area (Å²) in [5.74, 6) is 0. The van der Waals surface area contributed by atoms with Crippen LogP contribution in [-0.4, -0.2) is 31.8 Å². The number of benzene rings is 1. The molecule has 0 radical (unpaired) electrons. The summed E-state index contributed by atoms with van der Waals surface area (Å²) in [6.45, 7) is 0. The van der Waals surface area contributed by atoms with Gasteiger partial charge in [0.1, 0.15) is 5.51 Å². The Morgan fingerprint density at radius 1 is 1.24 bits per heavy atom. The maximum Gasteiger partial charge on any atom is 0.393 e. The molecule has 0 spiro atoms. The lowest BCUT2D eigenvalue weighted by atomic mass is 10.1. The van der Waals surface area contributed by atoms with Crippen LogP contribution in [0.3, 0.4) is 0 Å². The lowest BCUT2D eigenvalue weighted by Crippen LogP contribution is -2.26. The largest absolute Gasteiger partial charge is 0.393 e. The van der Waals surface area contributed by atoms with Gasteiger partial charge in [0.15, 0.2) is 0 Å². The zero-order chi connectivity index (χ0) is 15.7. The Hall–Kier alpha value is -1.68. The van der Waals surface area contributed by atoms with E-state index in [1.165, 1.54) is 12.6 Å². The molecule has 0 unspecified atom stereocenters. The summed E-state index contributed by atoms with van der Waals surface area (Å²) in [6.07, 6.45) is -5.43. The van der Waals surface area contributed by atoms with E-state index in [-0.39, 0.29) is 15.6 Å². The molecule has 0 aliphatic heterocycles. The molecule has 10 heteroatoms. The van der Waals surface area contributed by atoms with E-state index in [0.717, 1.165) is 39.9 Å². The molecule has 1 aromatic carbocycles. The first-order valence-corrected chi connectivity index (χ1v) is 7.93. The lowest BCUT2D eigenvalue weighted by Gasteiger charge is -2.16. The molecule has 0 saturated carbocycles. The van der Waals surface area contributed by atoms with Crippen LogP contribution in [0.4, 0.5) is 18.3 Å². The van der Waals surface area contributed by atoms with E-state index in [9.17, 15) is 21.6 Å². The third-order valence-electron chi connectivity index (χ3n) is 2.60. The fourth-order valence-corrected chi connectivity index (χ4v) is 3.47. The SMILES string of the molecule is CN(c1nncs1)S(=O)(=O)c1ccc(CC(F)(F)F)cc1. The summed E-state index contributed by atoms with van der Waals surface area (Å²) < 4.78 is 62.2. The van der Waals surface area contributed by atoms with Crippen molar-refractivity contribution >= 4 is 26.5 Å². The van der Waals surface area contributed by atoms with Gasteiger partial charge in [-0.2, -0.15) is 13.2 Å². The molecule has 0 aliphatic carbocycles. The first-order valence-electron chi connectivity index (χ1n) is 5.61. The van der Waals surface area contributed by atoms with Crippen molar-refractivity contribution < 1.29 is 21.6 Å². The monoisotopic (exact) mass is 337 g/mol. The van der Waals surface area contributed by atoms with E-state index in [4.69, 9.17) is 0 Å². The van der Waals surface area contributed by atoms with E-state index < -0.39 is 22.6 Å². The summed E-state index contributed by atoms with van der Waals surface area (Å²) in [4.78, 5) is -0.105. The third kappa shape index (κ3) is 3.70. The smallest absolute Gasteiger partial charge is 0.243 e. The highest BCUT2D eigenvalue weighted by molar-refractivity contribution is 7.93. The first kappa shape index (κ1) is 15.7. The minimum absolute atomic E-state index is 0.0000170. The van der Waals surface area contributed by atoms with Crippen molar-refractivity contribution in [2.75, 3.05) is 11.4 Å². The van der Waals surface area contributed by atoms with Crippen LogP contribution in [0.1, 0.15) is 5.56 Å². The van der Waals surface area contributed by atoms with Crippen molar-refractivity contribution in [3.63, 3.8) is 0 Å². The predicted octanol–water partition coefficient (Wildman–Crippen LogP) is 2.47. The highest BCUT2D eigenvalue weighted by atomic mass is 32.2. The molecule has 0 N–H and O–H groups in total. The van der Waals surface area contributed by atoms with Crippen molar-refractivity contribution in [2.45, 2.75) is 17.5 Å². The summed E-state index contributed by atoms with van der Waals surface area (Å²) in [5, 5.41) is 7.36. The minimum Gasteiger partial charge on any atom is -0.243 e. The van der Waals surface area contributed by atoms with Gasteiger partial charge in [-0.3, -0.25) is 0 Å². The van der Waals surface area contributed by atoms with Crippen LogP contribution >= 0.6 is 11.3 Å². The number of nitrogens with zero attached hydrogens (tertiary/aromatic N) is 3. The average Bonchev–Trinajstić information content (AvgIpc) is 2.90. The van der Waals surface area contributed by atoms with Gasteiger partial charge >= 0.3 is 6.18 Å². The van der Waals surface area contributed by atoms with Crippen molar-refractivity contribution in [2.24, 2.45) is 0 Å². The van der Waals surface area contributed by atoms with Gasteiger partial charge in [0.25, 0.3) is 10.0 Å². The Labute approximate surface area is 123 Å². The Balaban J connectivity index is 2.25. The molecule has 0 aliphatic rings. The summed E-state index contributed by atoms with van der Waals surface area (Å²) in [7, 11) is -2.56. The Morgan fingerprint density at radius 3 is 2.33 bits per heavy atom. The van der Waals surface area contributed by atoms with Crippen LogP contribution in [0.2, 0.25) is 0 Å². The molecule has 5 nitrogen and oxygen atoms in total. The number of hydrogen-bond acceptors (Lipinski definition) is 5. The number of sulfonamides is 1. The molecule has 2 rings (SSSR count). The maximum atomic E-state index is 12.3. The van der Waals surface area contributed by atoms with Gasteiger partial charge in [-0.05, 0) is 17.7 Å².